The third-order valence-corrected chi connectivity index (χ3v) is 3.22. The molecule has 0 aliphatic carbocycles. The van der Waals surface area contributed by atoms with E-state index in [1.807, 2.05) is 6.20 Å². The Balaban J connectivity index is 2.24. The fourth-order valence-corrected chi connectivity index (χ4v) is 2.32. The summed E-state index contributed by atoms with van der Waals surface area (Å²) in [6, 6.07) is 0. The molecule has 0 aromatic carbocycles. The average Bonchev–Trinajstić information content (AvgIpc) is 2.67. The third kappa shape index (κ3) is 2.23. The van der Waals surface area contributed by atoms with E-state index in [-0.39, 0.29) is 5.41 Å². The van der Waals surface area contributed by atoms with Crippen LogP contribution in [0, 0.1) is 0 Å². The zero-order valence-corrected chi connectivity index (χ0v) is 9.93. The van der Waals surface area contributed by atoms with E-state index in [0.717, 1.165) is 13.1 Å². The van der Waals surface area contributed by atoms with E-state index in [0.29, 0.717) is 5.92 Å². The summed E-state index contributed by atoms with van der Waals surface area (Å²) in [5.74, 6) is 0.669. The fraction of sp³-hybridized carbons (Fsp3) is 0.750. The van der Waals surface area contributed by atoms with Gasteiger partial charge in [0, 0.05) is 11.6 Å². The van der Waals surface area contributed by atoms with Crippen LogP contribution in [0.3, 0.4) is 0 Å². The first-order valence-corrected chi connectivity index (χ1v) is 5.83. The first-order chi connectivity index (χ1) is 7.09. The van der Waals surface area contributed by atoms with Crippen LogP contribution in [0.5, 0.6) is 0 Å². The predicted octanol–water partition coefficient (Wildman–Crippen LogP) is 2.17. The molecule has 15 heavy (non-hydrogen) atoms. The van der Waals surface area contributed by atoms with E-state index in [2.05, 4.69) is 36.3 Å². The molecule has 3 heteroatoms. The Kier molecular flexibility index (Phi) is 2.83. The summed E-state index contributed by atoms with van der Waals surface area (Å²) in [6.45, 7) is 9.02. The van der Waals surface area contributed by atoms with Crippen molar-refractivity contribution in [1.82, 2.24) is 15.5 Å². The second-order valence-electron chi connectivity index (χ2n) is 5.47. The van der Waals surface area contributed by atoms with Gasteiger partial charge in [-0.2, -0.15) is 5.10 Å². The van der Waals surface area contributed by atoms with Crippen molar-refractivity contribution in [3.05, 3.63) is 17.5 Å². The highest BCUT2D eigenvalue weighted by Gasteiger charge is 2.25. The quantitative estimate of drug-likeness (QED) is 0.741. The van der Waals surface area contributed by atoms with Gasteiger partial charge in [-0.15, -0.1) is 0 Å². The minimum Gasteiger partial charge on any atom is -0.317 e. The number of hydrogen-bond acceptors (Lipinski definition) is 2. The molecule has 1 saturated heterocycles. The number of rotatable bonds is 1. The summed E-state index contributed by atoms with van der Waals surface area (Å²) < 4.78 is 0. The predicted molar refractivity (Wildman–Crippen MR) is 62.1 cm³/mol. The van der Waals surface area contributed by atoms with Crippen molar-refractivity contribution in [1.29, 1.82) is 0 Å². The minimum atomic E-state index is 0.202. The van der Waals surface area contributed by atoms with Crippen molar-refractivity contribution in [3.63, 3.8) is 0 Å². The van der Waals surface area contributed by atoms with Crippen molar-refractivity contribution >= 4 is 0 Å². The van der Waals surface area contributed by atoms with E-state index in [4.69, 9.17) is 0 Å². The molecule has 0 atom stereocenters. The Labute approximate surface area is 91.7 Å². The summed E-state index contributed by atoms with van der Waals surface area (Å²) in [4.78, 5) is 0. The second kappa shape index (κ2) is 3.97. The Bertz CT molecular complexity index is 316. The number of H-pyrrole nitrogens is 1. The van der Waals surface area contributed by atoms with Crippen molar-refractivity contribution in [2.45, 2.75) is 44.9 Å². The molecule has 1 fully saturated rings. The zero-order valence-electron chi connectivity index (χ0n) is 9.93. The van der Waals surface area contributed by atoms with Crippen molar-refractivity contribution in [3.8, 4) is 0 Å². The molecule has 0 saturated carbocycles. The maximum absolute atomic E-state index is 4.22. The summed E-state index contributed by atoms with van der Waals surface area (Å²) in [6.07, 6.45) is 4.45. The topological polar surface area (TPSA) is 40.7 Å². The molecule has 0 radical (unpaired) electrons. The van der Waals surface area contributed by atoms with Gasteiger partial charge < -0.3 is 5.32 Å². The van der Waals surface area contributed by atoms with Crippen molar-refractivity contribution in [2.24, 2.45) is 0 Å². The Morgan fingerprint density at radius 3 is 2.53 bits per heavy atom. The third-order valence-electron chi connectivity index (χ3n) is 3.22. The highest BCUT2D eigenvalue weighted by molar-refractivity contribution is 5.28. The molecule has 0 bridgehead atoms. The second-order valence-corrected chi connectivity index (χ2v) is 5.47. The molecule has 2 heterocycles. The molecule has 1 aromatic rings. The fourth-order valence-electron chi connectivity index (χ4n) is 2.32. The molecule has 1 aliphatic heterocycles. The number of aromatic amines is 1. The van der Waals surface area contributed by atoms with Gasteiger partial charge in [0.15, 0.2) is 0 Å². The van der Waals surface area contributed by atoms with Crippen molar-refractivity contribution < 1.29 is 0 Å². The van der Waals surface area contributed by atoms with Gasteiger partial charge in [0.05, 0.1) is 6.20 Å². The van der Waals surface area contributed by atoms with Gasteiger partial charge in [0.1, 0.15) is 0 Å². The molecule has 1 aliphatic rings. The van der Waals surface area contributed by atoms with E-state index >= 15 is 0 Å². The van der Waals surface area contributed by atoms with Crippen LogP contribution < -0.4 is 5.32 Å². The highest BCUT2D eigenvalue weighted by atomic mass is 15.1. The highest BCUT2D eigenvalue weighted by Crippen LogP contribution is 2.32. The molecule has 0 amide bonds. The molecular weight excluding hydrogens is 186 g/mol. The Morgan fingerprint density at radius 2 is 1.93 bits per heavy atom. The Hall–Kier alpha value is -0.830. The molecule has 0 unspecified atom stereocenters. The largest absolute Gasteiger partial charge is 0.317 e. The number of nitrogens with zero attached hydrogens (tertiary/aromatic N) is 1. The van der Waals surface area contributed by atoms with Crippen LogP contribution in [0.2, 0.25) is 0 Å². The number of aromatic nitrogens is 2. The van der Waals surface area contributed by atoms with Gasteiger partial charge in [0.25, 0.3) is 0 Å². The first-order valence-electron chi connectivity index (χ1n) is 5.83. The molecule has 2 rings (SSSR count). The lowest BCUT2D eigenvalue weighted by Gasteiger charge is -2.26. The summed E-state index contributed by atoms with van der Waals surface area (Å²) in [7, 11) is 0. The first kappa shape index (κ1) is 10.7. The Morgan fingerprint density at radius 1 is 1.27 bits per heavy atom. The van der Waals surface area contributed by atoms with Crippen LogP contribution in [0.25, 0.3) is 0 Å². The normalized spacial score (nSPS) is 19.4. The summed E-state index contributed by atoms with van der Waals surface area (Å²) in [5.41, 5.74) is 2.95. The molecule has 3 nitrogen and oxygen atoms in total. The van der Waals surface area contributed by atoms with Gasteiger partial charge in [-0.1, -0.05) is 20.8 Å². The van der Waals surface area contributed by atoms with Gasteiger partial charge in [-0.3, -0.25) is 5.10 Å². The maximum Gasteiger partial charge on any atom is 0.0527 e. The SMILES string of the molecule is CC(C)(C)c1cn[nH]c1C1CCNCC1. The van der Waals surface area contributed by atoms with Gasteiger partial charge in [0.2, 0.25) is 0 Å². The van der Waals surface area contributed by atoms with Crippen LogP contribution in [-0.4, -0.2) is 23.3 Å². The van der Waals surface area contributed by atoms with Gasteiger partial charge in [-0.25, -0.2) is 0 Å². The number of hydrogen-bond donors (Lipinski definition) is 2. The molecular formula is C12H21N3. The lowest BCUT2D eigenvalue weighted by atomic mass is 9.82. The van der Waals surface area contributed by atoms with E-state index in [1.54, 1.807) is 0 Å². The number of piperidine rings is 1. The zero-order chi connectivity index (χ0) is 10.9. The van der Waals surface area contributed by atoms with Crippen molar-refractivity contribution in [2.75, 3.05) is 13.1 Å². The molecule has 84 valence electrons. The van der Waals surface area contributed by atoms with E-state index < -0.39 is 0 Å². The molecule has 1 aromatic heterocycles. The van der Waals surface area contributed by atoms with E-state index in [1.165, 1.54) is 24.1 Å². The summed E-state index contributed by atoms with van der Waals surface area (Å²) >= 11 is 0. The molecule has 0 spiro atoms. The van der Waals surface area contributed by atoms with Gasteiger partial charge >= 0.3 is 0 Å². The smallest absolute Gasteiger partial charge is 0.0527 e. The average molecular weight is 207 g/mol. The summed E-state index contributed by atoms with van der Waals surface area (Å²) in [5, 5.41) is 10.8. The van der Waals surface area contributed by atoms with E-state index in [9.17, 15) is 0 Å². The lowest BCUT2D eigenvalue weighted by molar-refractivity contribution is 0.443. The van der Waals surface area contributed by atoms with Crippen LogP contribution >= 0.6 is 0 Å². The van der Waals surface area contributed by atoms with Crippen LogP contribution in [0.1, 0.15) is 50.8 Å². The van der Waals surface area contributed by atoms with Crippen LogP contribution in [-0.2, 0) is 5.41 Å². The molecule has 2 N–H and O–H groups in total. The van der Waals surface area contributed by atoms with Gasteiger partial charge in [-0.05, 0) is 36.9 Å². The number of nitrogens with one attached hydrogen (secondary N) is 2. The standard InChI is InChI=1S/C12H21N3/c1-12(2,3)10-8-14-15-11(10)9-4-6-13-7-5-9/h8-9,13H,4-7H2,1-3H3,(H,14,15). The van der Waals surface area contributed by atoms with Crippen LogP contribution in [0.4, 0.5) is 0 Å². The van der Waals surface area contributed by atoms with Crippen LogP contribution in [0.15, 0.2) is 6.20 Å². The minimum absolute atomic E-state index is 0.202. The lowest BCUT2D eigenvalue weighted by Crippen LogP contribution is -2.28. The maximum atomic E-state index is 4.22. The monoisotopic (exact) mass is 207 g/mol.